The molecule has 0 spiro atoms. The Labute approximate surface area is 120 Å². The molecule has 0 aliphatic heterocycles. The van der Waals surface area contributed by atoms with Gasteiger partial charge in [-0.25, -0.2) is 0 Å². The van der Waals surface area contributed by atoms with E-state index in [2.05, 4.69) is 73.9 Å². The highest BCUT2D eigenvalue weighted by molar-refractivity contribution is 7.10. The van der Waals surface area contributed by atoms with E-state index in [4.69, 9.17) is 0 Å². The molecule has 0 radical (unpaired) electrons. The Morgan fingerprint density at radius 1 is 1.00 bits per heavy atom. The van der Waals surface area contributed by atoms with Gasteiger partial charge in [0.1, 0.15) is 0 Å². The van der Waals surface area contributed by atoms with Crippen LogP contribution >= 0.6 is 11.3 Å². The summed E-state index contributed by atoms with van der Waals surface area (Å²) in [6, 6.07) is 15.9. The standard InChI is InChI=1S/C17H23NS/c1-13(2)12-14(3)18-17(16-10-7-11-19-16)15-8-5-4-6-9-15/h4-11,13-14,17-18H,12H2,1-3H3. The molecule has 0 bridgehead atoms. The molecule has 1 nitrogen and oxygen atoms in total. The molecule has 19 heavy (non-hydrogen) atoms. The third-order valence-electron chi connectivity index (χ3n) is 3.24. The number of nitrogens with one attached hydrogen (secondary N) is 1. The average molecular weight is 273 g/mol. The first-order valence-electron chi connectivity index (χ1n) is 7.01. The summed E-state index contributed by atoms with van der Waals surface area (Å²) in [7, 11) is 0. The van der Waals surface area contributed by atoms with Crippen LogP contribution < -0.4 is 5.32 Å². The molecule has 0 saturated carbocycles. The summed E-state index contributed by atoms with van der Waals surface area (Å²) in [6.45, 7) is 6.84. The molecule has 0 saturated heterocycles. The quantitative estimate of drug-likeness (QED) is 0.792. The second-order valence-electron chi connectivity index (χ2n) is 5.56. The fraction of sp³-hybridized carbons (Fsp3) is 0.412. The molecule has 2 rings (SSSR count). The number of benzene rings is 1. The van der Waals surface area contributed by atoms with E-state index in [-0.39, 0.29) is 0 Å². The molecule has 0 aliphatic rings. The third-order valence-corrected chi connectivity index (χ3v) is 4.17. The maximum absolute atomic E-state index is 3.78. The van der Waals surface area contributed by atoms with Gasteiger partial charge in [-0.15, -0.1) is 11.3 Å². The third kappa shape index (κ3) is 4.19. The normalized spacial score (nSPS) is 14.5. The monoisotopic (exact) mass is 273 g/mol. The summed E-state index contributed by atoms with van der Waals surface area (Å²) in [4.78, 5) is 1.39. The summed E-state index contributed by atoms with van der Waals surface area (Å²) in [5.74, 6) is 0.724. The lowest BCUT2D eigenvalue weighted by Crippen LogP contribution is -2.31. The maximum Gasteiger partial charge on any atom is 0.0673 e. The van der Waals surface area contributed by atoms with Crippen molar-refractivity contribution in [1.82, 2.24) is 5.32 Å². The van der Waals surface area contributed by atoms with Crippen molar-refractivity contribution in [2.45, 2.75) is 39.3 Å². The van der Waals surface area contributed by atoms with E-state index in [0.29, 0.717) is 12.1 Å². The highest BCUT2D eigenvalue weighted by Gasteiger charge is 2.17. The minimum atomic E-state index is 0.315. The average Bonchev–Trinajstić information content (AvgIpc) is 2.90. The Hall–Kier alpha value is -1.12. The van der Waals surface area contributed by atoms with E-state index in [1.165, 1.54) is 16.9 Å². The van der Waals surface area contributed by atoms with Gasteiger partial charge in [-0.2, -0.15) is 0 Å². The molecule has 1 aromatic heterocycles. The molecule has 1 aromatic carbocycles. The molecule has 2 unspecified atom stereocenters. The van der Waals surface area contributed by atoms with Crippen LogP contribution in [0.4, 0.5) is 0 Å². The molecule has 2 heteroatoms. The van der Waals surface area contributed by atoms with Crippen LogP contribution in [0, 0.1) is 5.92 Å². The van der Waals surface area contributed by atoms with Gasteiger partial charge in [0, 0.05) is 10.9 Å². The first kappa shape index (κ1) is 14.3. The van der Waals surface area contributed by atoms with E-state index in [0.717, 1.165) is 5.92 Å². The van der Waals surface area contributed by atoms with Gasteiger partial charge < -0.3 is 5.32 Å². The van der Waals surface area contributed by atoms with Gasteiger partial charge in [-0.05, 0) is 36.3 Å². The lowest BCUT2D eigenvalue weighted by molar-refractivity contribution is 0.419. The van der Waals surface area contributed by atoms with Crippen LogP contribution in [0.25, 0.3) is 0 Å². The van der Waals surface area contributed by atoms with Crippen molar-refractivity contribution in [3.05, 3.63) is 58.3 Å². The van der Waals surface area contributed by atoms with Gasteiger partial charge in [-0.3, -0.25) is 0 Å². The van der Waals surface area contributed by atoms with Crippen LogP contribution in [0.1, 0.15) is 43.7 Å². The van der Waals surface area contributed by atoms with Gasteiger partial charge in [0.2, 0.25) is 0 Å². The summed E-state index contributed by atoms with van der Waals surface area (Å²) in [5.41, 5.74) is 1.35. The summed E-state index contributed by atoms with van der Waals surface area (Å²) >= 11 is 1.82. The van der Waals surface area contributed by atoms with E-state index in [1.807, 2.05) is 11.3 Å². The fourth-order valence-electron chi connectivity index (χ4n) is 2.50. The molecule has 1 N–H and O–H groups in total. The molecule has 0 fully saturated rings. The zero-order chi connectivity index (χ0) is 13.7. The Bertz CT molecular complexity index is 461. The van der Waals surface area contributed by atoms with Gasteiger partial charge in [0.15, 0.2) is 0 Å². The highest BCUT2D eigenvalue weighted by atomic mass is 32.1. The second kappa shape index (κ2) is 6.88. The van der Waals surface area contributed by atoms with Crippen LogP contribution in [0.3, 0.4) is 0 Å². The Morgan fingerprint density at radius 3 is 2.32 bits per heavy atom. The number of hydrogen-bond donors (Lipinski definition) is 1. The number of rotatable bonds is 6. The molecule has 1 heterocycles. The van der Waals surface area contributed by atoms with Gasteiger partial charge in [-0.1, -0.05) is 50.2 Å². The van der Waals surface area contributed by atoms with Crippen LogP contribution in [-0.2, 0) is 0 Å². The van der Waals surface area contributed by atoms with Crippen molar-refractivity contribution in [2.75, 3.05) is 0 Å². The van der Waals surface area contributed by atoms with E-state index in [9.17, 15) is 0 Å². The second-order valence-corrected chi connectivity index (χ2v) is 6.54. The van der Waals surface area contributed by atoms with Crippen LogP contribution in [-0.4, -0.2) is 6.04 Å². The van der Waals surface area contributed by atoms with Crippen molar-refractivity contribution in [2.24, 2.45) is 5.92 Å². The minimum Gasteiger partial charge on any atom is -0.303 e. The molecule has 0 amide bonds. The minimum absolute atomic E-state index is 0.315. The molecular formula is C17H23NS. The van der Waals surface area contributed by atoms with Crippen molar-refractivity contribution in [1.29, 1.82) is 0 Å². The van der Waals surface area contributed by atoms with E-state index < -0.39 is 0 Å². The zero-order valence-electron chi connectivity index (χ0n) is 12.0. The molecular weight excluding hydrogens is 250 g/mol. The van der Waals surface area contributed by atoms with E-state index in [1.54, 1.807) is 0 Å². The SMILES string of the molecule is CC(C)CC(C)NC(c1ccccc1)c1cccs1. The Kier molecular flexibility index (Phi) is 5.17. The van der Waals surface area contributed by atoms with Crippen molar-refractivity contribution >= 4 is 11.3 Å². The maximum atomic E-state index is 3.78. The van der Waals surface area contributed by atoms with Gasteiger partial charge in [0.05, 0.1) is 6.04 Å². The number of hydrogen-bond acceptors (Lipinski definition) is 2. The first-order chi connectivity index (χ1) is 9.16. The lowest BCUT2D eigenvalue weighted by Gasteiger charge is -2.24. The summed E-state index contributed by atoms with van der Waals surface area (Å²) in [6.07, 6.45) is 1.20. The molecule has 2 atom stereocenters. The molecule has 0 aliphatic carbocycles. The number of thiophene rings is 1. The first-order valence-corrected chi connectivity index (χ1v) is 7.89. The van der Waals surface area contributed by atoms with Crippen molar-refractivity contribution < 1.29 is 0 Å². The summed E-state index contributed by atoms with van der Waals surface area (Å²) in [5, 5.41) is 5.93. The fourth-order valence-corrected chi connectivity index (χ4v) is 3.31. The molecule has 102 valence electrons. The predicted octanol–water partition coefficient (Wildman–Crippen LogP) is 4.86. The largest absolute Gasteiger partial charge is 0.303 e. The van der Waals surface area contributed by atoms with Crippen molar-refractivity contribution in [3.8, 4) is 0 Å². The van der Waals surface area contributed by atoms with Crippen LogP contribution in [0.2, 0.25) is 0 Å². The van der Waals surface area contributed by atoms with E-state index >= 15 is 0 Å². The smallest absolute Gasteiger partial charge is 0.0673 e. The predicted molar refractivity (Wildman–Crippen MR) is 84.7 cm³/mol. The summed E-state index contributed by atoms with van der Waals surface area (Å²) < 4.78 is 0. The Balaban J connectivity index is 2.16. The zero-order valence-corrected chi connectivity index (χ0v) is 12.8. The Morgan fingerprint density at radius 2 is 1.74 bits per heavy atom. The van der Waals surface area contributed by atoms with Crippen molar-refractivity contribution in [3.63, 3.8) is 0 Å². The lowest BCUT2D eigenvalue weighted by atomic mass is 10.0. The van der Waals surface area contributed by atoms with Crippen LogP contribution in [0.5, 0.6) is 0 Å². The molecule has 2 aromatic rings. The highest BCUT2D eigenvalue weighted by Crippen LogP contribution is 2.27. The topological polar surface area (TPSA) is 12.0 Å². The van der Waals surface area contributed by atoms with Crippen LogP contribution in [0.15, 0.2) is 47.8 Å². The van der Waals surface area contributed by atoms with Gasteiger partial charge >= 0.3 is 0 Å². The van der Waals surface area contributed by atoms with Gasteiger partial charge in [0.25, 0.3) is 0 Å².